The van der Waals surface area contributed by atoms with E-state index in [1.165, 1.54) is 0 Å². The molecule has 19 heavy (non-hydrogen) atoms. The Morgan fingerprint density at radius 1 is 1.47 bits per heavy atom. The Kier molecular flexibility index (Phi) is 4.37. The monoisotopic (exact) mass is 262 g/mol. The fourth-order valence-corrected chi connectivity index (χ4v) is 2.61. The van der Waals surface area contributed by atoms with E-state index in [1.807, 2.05) is 31.1 Å². The van der Waals surface area contributed by atoms with Crippen molar-refractivity contribution in [1.29, 1.82) is 0 Å². The van der Waals surface area contributed by atoms with Crippen LogP contribution in [0.25, 0.3) is 0 Å². The second-order valence-corrected chi connectivity index (χ2v) is 5.32. The third kappa shape index (κ3) is 3.23. The largest absolute Gasteiger partial charge is 0.376 e. The van der Waals surface area contributed by atoms with E-state index in [0.717, 1.165) is 24.9 Å². The molecule has 3 N–H and O–H groups in total. The molecular formula is C14H22N4O. The summed E-state index contributed by atoms with van der Waals surface area (Å²) in [6.07, 6.45) is 4.84. The molecule has 0 saturated heterocycles. The third-order valence-electron chi connectivity index (χ3n) is 3.81. The quantitative estimate of drug-likeness (QED) is 0.861. The average molecular weight is 262 g/mol. The number of rotatable bonds is 4. The Morgan fingerprint density at radius 2 is 2.26 bits per heavy atom. The number of anilines is 2. The second kappa shape index (κ2) is 6.02. The maximum absolute atomic E-state index is 12.2. The lowest BCUT2D eigenvalue weighted by atomic mass is 9.95. The minimum Gasteiger partial charge on any atom is -0.376 e. The zero-order valence-corrected chi connectivity index (χ0v) is 11.6. The first-order valence-corrected chi connectivity index (χ1v) is 6.76. The molecule has 104 valence electrons. The molecule has 5 nitrogen and oxygen atoms in total. The van der Waals surface area contributed by atoms with Crippen LogP contribution in [0.3, 0.4) is 0 Å². The molecule has 0 unspecified atom stereocenters. The maximum atomic E-state index is 12.2. The van der Waals surface area contributed by atoms with E-state index >= 15 is 0 Å². The highest BCUT2D eigenvalue weighted by molar-refractivity contribution is 5.92. The molecule has 1 aromatic rings. The van der Waals surface area contributed by atoms with Gasteiger partial charge >= 0.3 is 0 Å². The molecule has 1 aliphatic carbocycles. The van der Waals surface area contributed by atoms with Crippen LogP contribution in [0.2, 0.25) is 0 Å². The molecule has 1 fully saturated rings. The number of nitrogens with two attached hydrogens (primary N) is 1. The Hall–Kier alpha value is -1.62. The van der Waals surface area contributed by atoms with E-state index in [1.54, 1.807) is 6.20 Å². The van der Waals surface area contributed by atoms with Gasteiger partial charge in [0.05, 0.1) is 11.9 Å². The van der Waals surface area contributed by atoms with Crippen LogP contribution in [0.5, 0.6) is 0 Å². The van der Waals surface area contributed by atoms with Gasteiger partial charge in [-0.25, -0.2) is 4.98 Å². The van der Waals surface area contributed by atoms with Gasteiger partial charge in [0.1, 0.15) is 5.82 Å². The minimum absolute atomic E-state index is 0.0420. The molecule has 0 bridgehead atoms. The highest BCUT2D eigenvalue weighted by atomic mass is 16.2. The molecule has 1 aromatic heterocycles. The minimum atomic E-state index is 0.0420. The topological polar surface area (TPSA) is 71.2 Å². The van der Waals surface area contributed by atoms with Crippen molar-refractivity contribution in [2.75, 3.05) is 30.9 Å². The van der Waals surface area contributed by atoms with E-state index in [-0.39, 0.29) is 11.8 Å². The average Bonchev–Trinajstić information content (AvgIpc) is 2.87. The van der Waals surface area contributed by atoms with Crippen molar-refractivity contribution in [2.24, 2.45) is 17.6 Å². The van der Waals surface area contributed by atoms with Crippen LogP contribution in [0.1, 0.15) is 19.3 Å². The van der Waals surface area contributed by atoms with Crippen LogP contribution in [-0.4, -0.2) is 31.5 Å². The molecule has 1 aliphatic rings. The van der Waals surface area contributed by atoms with Crippen LogP contribution < -0.4 is 16.0 Å². The Labute approximate surface area is 114 Å². The van der Waals surface area contributed by atoms with Crippen molar-refractivity contribution in [3.05, 3.63) is 18.3 Å². The van der Waals surface area contributed by atoms with Gasteiger partial charge in [0.15, 0.2) is 0 Å². The summed E-state index contributed by atoms with van der Waals surface area (Å²) in [5.74, 6) is 1.03. The molecule has 2 atom stereocenters. The number of nitrogens with one attached hydrogen (secondary N) is 1. The van der Waals surface area contributed by atoms with Gasteiger partial charge in [0.2, 0.25) is 5.91 Å². The highest BCUT2D eigenvalue weighted by Gasteiger charge is 2.31. The van der Waals surface area contributed by atoms with Crippen molar-refractivity contribution >= 4 is 17.4 Å². The van der Waals surface area contributed by atoms with Crippen molar-refractivity contribution in [3.8, 4) is 0 Å². The first-order chi connectivity index (χ1) is 9.11. The molecule has 0 aliphatic heterocycles. The number of pyridine rings is 1. The molecule has 2 rings (SSSR count). The smallest absolute Gasteiger partial charge is 0.228 e. The normalized spacial score (nSPS) is 22.3. The maximum Gasteiger partial charge on any atom is 0.228 e. The molecule has 1 heterocycles. The fourth-order valence-electron chi connectivity index (χ4n) is 2.61. The number of aromatic nitrogens is 1. The van der Waals surface area contributed by atoms with Gasteiger partial charge in [-0.2, -0.15) is 0 Å². The van der Waals surface area contributed by atoms with Gasteiger partial charge in [0, 0.05) is 20.0 Å². The molecule has 0 aromatic carbocycles. The summed E-state index contributed by atoms with van der Waals surface area (Å²) in [5.41, 5.74) is 6.72. The summed E-state index contributed by atoms with van der Waals surface area (Å²) in [6, 6.07) is 3.78. The Morgan fingerprint density at radius 3 is 2.84 bits per heavy atom. The first kappa shape index (κ1) is 13.8. The summed E-state index contributed by atoms with van der Waals surface area (Å²) in [5, 5.41) is 2.89. The summed E-state index contributed by atoms with van der Waals surface area (Å²) in [7, 11) is 3.92. The van der Waals surface area contributed by atoms with Crippen LogP contribution in [-0.2, 0) is 4.79 Å². The summed E-state index contributed by atoms with van der Waals surface area (Å²) < 4.78 is 0. The lowest BCUT2D eigenvalue weighted by molar-refractivity contribution is -0.120. The van der Waals surface area contributed by atoms with Crippen LogP contribution in [0.15, 0.2) is 18.3 Å². The van der Waals surface area contributed by atoms with Gasteiger partial charge in [0.25, 0.3) is 0 Å². The van der Waals surface area contributed by atoms with Crippen molar-refractivity contribution < 1.29 is 4.79 Å². The highest BCUT2D eigenvalue weighted by Crippen LogP contribution is 2.31. The van der Waals surface area contributed by atoms with Crippen molar-refractivity contribution in [1.82, 2.24) is 4.98 Å². The van der Waals surface area contributed by atoms with E-state index < -0.39 is 0 Å². The van der Waals surface area contributed by atoms with Crippen LogP contribution >= 0.6 is 0 Å². The Bertz CT molecular complexity index is 430. The SMILES string of the molecule is CN(C)c1ccc(NC(=O)[C@@H]2CCC[C@@H]2CN)nc1. The number of hydrogen-bond donors (Lipinski definition) is 2. The fraction of sp³-hybridized carbons (Fsp3) is 0.571. The van der Waals surface area contributed by atoms with Crippen LogP contribution in [0.4, 0.5) is 11.5 Å². The summed E-state index contributed by atoms with van der Waals surface area (Å²) >= 11 is 0. The lowest BCUT2D eigenvalue weighted by Gasteiger charge is -2.17. The lowest BCUT2D eigenvalue weighted by Crippen LogP contribution is -2.30. The predicted molar refractivity (Wildman–Crippen MR) is 77.1 cm³/mol. The number of carbonyl (C=O) groups excluding carboxylic acids is 1. The van der Waals surface area contributed by atoms with Gasteiger partial charge in [-0.3, -0.25) is 4.79 Å². The number of amides is 1. The molecule has 1 amide bonds. The molecule has 5 heteroatoms. The number of hydrogen-bond acceptors (Lipinski definition) is 4. The van der Waals surface area contributed by atoms with Gasteiger partial charge in [-0.1, -0.05) is 6.42 Å². The van der Waals surface area contributed by atoms with Crippen molar-refractivity contribution in [2.45, 2.75) is 19.3 Å². The predicted octanol–water partition coefficient (Wildman–Crippen LogP) is 1.46. The van der Waals surface area contributed by atoms with E-state index in [9.17, 15) is 4.79 Å². The van der Waals surface area contributed by atoms with Crippen molar-refractivity contribution in [3.63, 3.8) is 0 Å². The standard InChI is InChI=1S/C14H22N4O/c1-18(2)11-6-7-13(16-9-11)17-14(19)12-5-3-4-10(12)8-15/h6-7,9-10,12H,3-5,8,15H2,1-2H3,(H,16,17,19)/t10-,12-/m1/s1. The first-order valence-electron chi connectivity index (χ1n) is 6.76. The number of nitrogens with zero attached hydrogens (tertiary/aromatic N) is 2. The van der Waals surface area contributed by atoms with E-state index in [4.69, 9.17) is 5.73 Å². The molecule has 0 spiro atoms. The van der Waals surface area contributed by atoms with Crippen LogP contribution in [0, 0.1) is 11.8 Å². The molecule has 1 saturated carbocycles. The summed E-state index contributed by atoms with van der Waals surface area (Å²) in [4.78, 5) is 18.4. The summed E-state index contributed by atoms with van der Waals surface area (Å²) in [6.45, 7) is 0.588. The number of carbonyl (C=O) groups is 1. The van der Waals surface area contributed by atoms with Gasteiger partial charge < -0.3 is 16.0 Å². The van der Waals surface area contributed by atoms with E-state index in [0.29, 0.717) is 18.3 Å². The molecule has 0 radical (unpaired) electrons. The van der Waals surface area contributed by atoms with Gasteiger partial charge in [-0.15, -0.1) is 0 Å². The third-order valence-corrected chi connectivity index (χ3v) is 3.81. The zero-order valence-electron chi connectivity index (χ0n) is 11.6. The van der Waals surface area contributed by atoms with Gasteiger partial charge in [-0.05, 0) is 37.4 Å². The Balaban J connectivity index is 1.98. The second-order valence-electron chi connectivity index (χ2n) is 5.32. The zero-order chi connectivity index (χ0) is 13.8. The molecular weight excluding hydrogens is 240 g/mol. The van der Waals surface area contributed by atoms with E-state index in [2.05, 4.69) is 10.3 Å².